The summed E-state index contributed by atoms with van der Waals surface area (Å²) in [6.07, 6.45) is 0.119. The fraction of sp³-hybridized carbons (Fsp3) is 0.517. The van der Waals surface area contributed by atoms with Gasteiger partial charge in [-0.15, -0.1) is 0 Å². The van der Waals surface area contributed by atoms with Gasteiger partial charge in [0.15, 0.2) is 9.84 Å². The molecule has 15 nitrogen and oxygen atoms in total. The van der Waals surface area contributed by atoms with Gasteiger partial charge in [0.05, 0.1) is 18.9 Å². The van der Waals surface area contributed by atoms with Crippen LogP contribution in [0.2, 0.25) is 0 Å². The third-order valence-electron chi connectivity index (χ3n) is 6.72. The van der Waals surface area contributed by atoms with E-state index in [-0.39, 0.29) is 19.6 Å². The van der Waals surface area contributed by atoms with Crippen molar-refractivity contribution >= 4 is 45.6 Å². The second-order valence-corrected chi connectivity index (χ2v) is 13.7. The Bertz CT molecular complexity index is 1390. The lowest BCUT2D eigenvalue weighted by molar-refractivity contribution is -0.145. The fourth-order valence-corrected chi connectivity index (χ4v) is 5.00. The van der Waals surface area contributed by atoms with Crippen molar-refractivity contribution in [2.24, 2.45) is 5.41 Å². The summed E-state index contributed by atoms with van der Waals surface area (Å²) in [5, 5.41) is 26.6. The quantitative estimate of drug-likeness (QED) is 0.189. The summed E-state index contributed by atoms with van der Waals surface area (Å²) in [6.45, 7) is 4.94. The molecule has 5 N–H and O–H groups in total. The second kappa shape index (κ2) is 16.0. The number of aliphatic carboxylic acids is 2. The molecule has 0 bridgehead atoms. The number of carbonyl (C=O) groups excluding carboxylic acids is 4. The van der Waals surface area contributed by atoms with Crippen molar-refractivity contribution in [1.82, 2.24) is 20.9 Å². The van der Waals surface area contributed by atoms with E-state index >= 15 is 0 Å². The monoisotopic (exact) mass is 652 g/mol. The van der Waals surface area contributed by atoms with Crippen LogP contribution in [-0.4, -0.2) is 96.3 Å². The molecule has 1 aliphatic heterocycles. The lowest BCUT2D eigenvalue weighted by Gasteiger charge is -2.36. The van der Waals surface area contributed by atoms with Gasteiger partial charge >= 0.3 is 18.0 Å². The summed E-state index contributed by atoms with van der Waals surface area (Å²) in [5.41, 5.74) is -0.280. The van der Waals surface area contributed by atoms with E-state index in [4.69, 9.17) is 4.74 Å². The normalized spacial score (nSPS) is 17.2. The Labute approximate surface area is 261 Å². The van der Waals surface area contributed by atoms with Crippen LogP contribution >= 0.6 is 0 Å². The number of alkyl carbamates (subject to hydrolysis) is 1. The van der Waals surface area contributed by atoms with Crippen LogP contribution in [0.25, 0.3) is 0 Å². The van der Waals surface area contributed by atoms with Gasteiger partial charge < -0.3 is 35.8 Å². The van der Waals surface area contributed by atoms with Crippen molar-refractivity contribution in [1.29, 1.82) is 0 Å². The van der Waals surface area contributed by atoms with E-state index in [1.807, 2.05) is 0 Å². The molecule has 0 radical (unpaired) electrons. The van der Waals surface area contributed by atoms with Gasteiger partial charge in [0.1, 0.15) is 24.7 Å². The van der Waals surface area contributed by atoms with Crippen molar-refractivity contribution in [3.8, 4) is 0 Å². The summed E-state index contributed by atoms with van der Waals surface area (Å²) in [6, 6.07) is 3.57. The molecule has 1 aliphatic rings. The molecule has 4 atom stereocenters. The Morgan fingerprint density at radius 3 is 2.18 bits per heavy atom. The molecular formula is C29H40N4O11S. The Kier molecular flexibility index (Phi) is 13.1. The number of carbonyl (C=O) groups is 6. The van der Waals surface area contributed by atoms with Crippen molar-refractivity contribution < 1.29 is 52.1 Å². The predicted molar refractivity (Wildman–Crippen MR) is 160 cm³/mol. The number of sulfone groups is 1. The number of carboxylic acids is 2. The molecule has 1 aromatic carbocycles. The lowest BCUT2D eigenvalue weighted by Crippen LogP contribution is -2.60. The van der Waals surface area contributed by atoms with Gasteiger partial charge in [0.25, 0.3) is 0 Å². The van der Waals surface area contributed by atoms with Crippen molar-refractivity contribution in [2.45, 2.75) is 77.2 Å². The van der Waals surface area contributed by atoms with Gasteiger partial charge in [-0.25, -0.2) is 13.2 Å². The fourth-order valence-electron chi connectivity index (χ4n) is 4.52. The number of ether oxygens (including phenoxy) is 1. The summed E-state index contributed by atoms with van der Waals surface area (Å²) in [5.74, 6) is -5.02. The first-order chi connectivity index (χ1) is 20.9. The minimum Gasteiger partial charge on any atom is -0.481 e. The highest BCUT2D eigenvalue weighted by Crippen LogP contribution is 2.26. The lowest BCUT2D eigenvalue weighted by atomic mass is 9.85. The van der Waals surface area contributed by atoms with Crippen molar-refractivity contribution in [2.75, 3.05) is 12.8 Å². The van der Waals surface area contributed by atoms with E-state index in [1.54, 1.807) is 51.1 Å². The van der Waals surface area contributed by atoms with Crippen LogP contribution in [0.1, 0.15) is 52.0 Å². The number of likely N-dealkylation sites (tertiary alicyclic amines) is 1. The van der Waals surface area contributed by atoms with Crippen LogP contribution < -0.4 is 16.0 Å². The third kappa shape index (κ3) is 12.6. The Balaban J connectivity index is 2.20. The molecule has 4 amide bonds. The van der Waals surface area contributed by atoms with Crippen LogP contribution in [0.4, 0.5) is 4.79 Å². The molecule has 0 aliphatic carbocycles. The highest BCUT2D eigenvalue weighted by Gasteiger charge is 2.43. The van der Waals surface area contributed by atoms with E-state index < -0.39 is 88.0 Å². The first-order valence-corrected chi connectivity index (χ1v) is 16.0. The smallest absolute Gasteiger partial charge is 0.408 e. The first kappa shape index (κ1) is 36.7. The van der Waals surface area contributed by atoms with Gasteiger partial charge in [0, 0.05) is 18.2 Å². The van der Waals surface area contributed by atoms with Crippen molar-refractivity contribution in [3.63, 3.8) is 0 Å². The number of benzene rings is 1. The molecular weight excluding hydrogens is 612 g/mol. The van der Waals surface area contributed by atoms with Crippen LogP contribution in [-0.2, 0) is 45.2 Å². The third-order valence-corrected chi connectivity index (χ3v) is 7.37. The van der Waals surface area contributed by atoms with Crippen LogP contribution in [0.3, 0.4) is 0 Å². The number of amides is 4. The molecule has 1 fully saturated rings. The largest absolute Gasteiger partial charge is 0.481 e. The second-order valence-electron chi connectivity index (χ2n) is 11.7. The standard InChI is InChI=1S/C29H40N4O11S/c1-29(2,3)24(32-25(38)20(16-23(36)37)31-28(41)44-17-18-9-6-5-7-10-18)27(40)33-13-8-11-21(33)26(39)30-19(15-22(34)35)12-14-45(4,42)43/h5-7,9-10,12,14,19-21,24H,8,11,13,15-17H2,1-4H3,(H,30,39)(H,31,41)(H,32,38)(H,34,35)(H,36,37)/b14-12+/t19-,20+,21-,24+/m1/s1. The SMILES string of the molecule is CC(C)(C)[C@@H](NC(=O)[C@H](CC(=O)O)NC(=O)OCc1ccccc1)C(=O)N1CCC[C@@H]1C(=O)N[C@H](/C=C/S(C)(=O)=O)CC(=O)O. The van der Waals surface area contributed by atoms with Crippen LogP contribution in [0.5, 0.6) is 0 Å². The van der Waals surface area contributed by atoms with Gasteiger partial charge in [-0.2, -0.15) is 0 Å². The molecule has 1 saturated heterocycles. The summed E-state index contributed by atoms with van der Waals surface area (Å²) in [4.78, 5) is 76.7. The molecule has 0 spiro atoms. The molecule has 248 valence electrons. The predicted octanol–water partition coefficient (Wildman–Crippen LogP) is 0.796. The maximum Gasteiger partial charge on any atom is 0.408 e. The average molecular weight is 653 g/mol. The maximum absolute atomic E-state index is 13.8. The van der Waals surface area contributed by atoms with Gasteiger partial charge in [-0.1, -0.05) is 57.2 Å². The number of hydrogen-bond donors (Lipinski definition) is 5. The summed E-state index contributed by atoms with van der Waals surface area (Å²) < 4.78 is 28.2. The Hall–Kier alpha value is -4.47. The van der Waals surface area contributed by atoms with E-state index in [0.717, 1.165) is 17.7 Å². The van der Waals surface area contributed by atoms with Gasteiger partial charge in [-0.3, -0.25) is 24.0 Å². The molecule has 16 heteroatoms. The molecule has 0 aromatic heterocycles. The zero-order chi connectivity index (χ0) is 33.9. The summed E-state index contributed by atoms with van der Waals surface area (Å²) in [7, 11) is -3.61. The first-order valence-electron chi connectivity index (χ1n) is 14.1. The zero-order valence-electron chi connectivity index (χ0n) is 25.5. The zero-order valence-corrected chi connectivity index (χ0v) is 26.3. The van der Waals surface area contributed by atoms with Gasteiger partial charge in [0.2, 0.25) is 17.7 Å². The molecule has 2 rings (SSSR count). The van der Waals surface area contributed by atoms with Crippen LogP contribution in [0, 0.1) is 5.41 Å². The molecule has 1 heterocycles. The number of hydrogen-bond acceptors (Lipinski definition) is 9. The number of rotatable bonds is 14. The van der Waals surface area contributed by atoms with E-state index in [9.17, 15) is 47.4 Å². The number of carboxylic acid groups (broad SMARTS) is 2. The minimum atomic E-state index is -3.61. The van der Waals surface area contributed by atoms with Crippen LogP contribution in [0.15, 0.2) is 41.8 Å². The topological polar surface area (TPSA) is 226 Å². The van der Waals surface area contributed by atoms with E-state index in [1.165, 1.54) is 4.90 Å². The number of nitrogens with one attached hydrogen (secondary N) is 3. The Morgan fingerprint density at radius 1 is 1.00 bits per heavy atom. The average Bonchev–Trinajstić information content (AvgIpc) is 3.42. The highest BCUT2D eigenvalue weighted by atomic mass is 32.2. The molecule has 45 heavy (non-hydrogen) atoms. The van der Waals surface area contributed by atoms with Gasteiger partial charge in [-0.05, 0) is 23.8 Å². The minimum absolute atomic E-state index is 0.130. The maximum atomic E-state index is 13.8. The van der Waals surface area contributed by atoms with Crippen molar-refractivity contribution in [3.05, 3.63) is 47.4 Å². The Morgan fingerprint density at radius 2 is 1.62 bits per heavy atom. The molecule has 0 saturated carbocycles. The molecule has 0 unspecified atom stereocenters. The molecule has 1 aromatic rings. The van der Waals surface area contributed by atoms with E-state index in [0.29, 0.717) is 12.0 Å². The highest BCUT2D eigenvalue weighted by molar-refractivity contribution is 7.93. The number of nitrogens with zero attached hydrogens (tertiary/aromatic N) is 1. The summed E-state index contributed by atoms with van der Waals surface area (Å²) >= 11 is 0. The van der Waals surface area contributed by atoms with E-state index in [2.05, 4.69) is 16.0 Å².